The predicted octanol–water partition coefficient (Wildman–Crippen LogP) is 0.580. The van der Waals surface area contributed by atoms with Crippen molar-refractivity contribution >= 4 is 12.1 Å². The number of Topliss-reactive ketones (excluding diaryl/α,β-unsaturated/α-hetero) is 1. The van der Waals surface area contributed by atoms with E-state index < -0.39 is 0 Å². The van der Waals surface area contributed by atoms with E-state index in [1.165, 1.54) is 13.8 Å². The first-order valence-corrected chi connectivity index (χ1v) is 2.47. The predicted molar refractivity (Wildman–Crippen MR) is 34.0 cm³/mol. The van der Waals surface area contributed by atoms with Crippen molar-refractivity contribution in [3.05, 3.63) is 11.3 Å². The second kappa shape index (κ2) is 5.19. The Morgan fingerprint density at radius 2 is 1.90 bits per heavy atom. The number of aliphatic hydroxyl groups excluding tert-OH is 1. The second-order valence-corrected chi connectivity index (χ2v) is 1.68. The van der Waals surface area contributed by atoms with Crippen LogP contribution in [0.2, 0.25) is 0 Å². The molecule has 0 amide bonds. The molecule has 0 fully saturated rings. The molecule has 56 valence electrons. The number of carbonyl (C=O) groups is 1. The van der Waals surface area contributed by atoms with Gasteiger partial charge >= 0.3 is 23.1 Å². The maximum atomic E-state index is 10.4. The second-order valence-electron chi connectivity index (χ2n) is 1.68. The quantitative estimate of drug-likeness (QED) is 0.172. The monoisotopic (exact) mass is 188 g/mol. The third-order valence-electron chi connectivity index (χ3n) is 0.898. The summed E-state index contributed by atoms with van der Waals surface area (Å²) in [5.74, 6) is -0.512. The summed E-state index contributed by atoms with van der Waals surface area (Å²) in [6.45, 7) is 2.60. The van der Waals surface area contributed by atoms with E-state index in [1.807, 2.05) is 0 Å². The molecule has 0 saturated heterocycles. The Morgan fingerprint density at radius 1 is 1.50 bits per heavy atom. The maximum absolute atomic E-state index is 10.4. The molecule has 0 aromatic carbocycles. The van der Waals surface area contributed by atoms with E-state index >= 15 is 0 Å². The number of allylic oxidation sites excluding steroid dienone is 2. The minimum Gasteiger partial charge on any atom is -0.512 e. The molecule has 0 bridgehead atoms. The van der Waals surface area contributed by atoms with Crippen molar-refractivity contribution in [1.29, 1.82) is 0 Å². The van der Waals surface area contributed by atoms with E-state index in [0.29, 0.717) is 6.29 Å². The van der Waals surface area contributed by atoms with E-state index in [2.05, 4.69) is 0 Å². The molecule has 10 heavy (non-hydrogen) atoms. The molecule has 4 heteroatoms. The number of hydrogen-bond donors (Lipinski definition) is 1. The standard InChI is InChI=1S/C6H8O3.Co/c1-4(8)6(3-7)5(2)9;/h3,8H,1-2H3;/q;+3/p+1/b6-4-;. The van der Waals surface area contributed by atoms with Crippen LogP contribution in [-0.4, -0.2) is 22.0 Å². The van der Waals surface area contributed by atoms with Crippen molar-refractivity contribution in [2.75, 3.05) is 0 Å². The van der Waals surface area contributed by atoms with Crippen LogP contribution in [0.25, 0.3) is 0 Å². The van der Waals surface area contributed by atoms with Crippen LogP contribution in [0.5, 0.6) is 0 Å². The van der Waals surface area contributed by atoms with Gasteiger partial charge in [-0.3, -0.25) is 9.59 Å². The summed E-state index contributed by atoms with van der Waals surface area (Å²) in [5.41, 5.74) is -0.0463. The van der Waals surface area contributed by atoms with Crippen LogP contribution in [0.3, 0.4) is 0 Å². The summed E-state index contributed by atoms with van der Waals surface area (Å²) in [6, 6.07) is 0. The molecule has 0 rings (SSSR count). The molecule has 0 aliphatic heterocycles. The first kappa shape index (κ1) is 12.1. The van der Waals surface area contributed by atoms with E-state index in [-0.39, 0.29) is 33.9 Å². The molecule has 0 heterocycles. The maximum Gasteiger partial charge on any atom is 3.00 e. The van der Waals surface area contributed by atoms with Crippen LogP contribution in [0, 0.1) is 0 Å². The summed E-state index contributed by atoms with van der Waals surface area (Å²) in [4.78, 5) is 18.7. The van der Waals surface area contributed by atoms with Crippen LogP contribution in [0.15, 0.2) is 11.3 Å². The van der Waals surface area contributed by atoms with Crippen molar-refractivity contribution < 1.29 is 31.5 Å². The van der Waals surface area contributed by atoms with Gasteiger partial charge in [0.2, 0.25) is 0 Å². The minimum atomic E-state index is -0.350. The Balaban J connectivity index is 0. The summed E-state index contributed by atoms with van der Waals surface area (Å²) < 4.78 is 0. The normalized spacial score (nSPS) is 11.0. The summed E-state index contributed by atoms with van der Waals surface area (Å²) in [5, 5.41) is 8.65. The van der Waals surface area contributed by atoms with Gasteiger partial charge in [0.25, 0.3) is 0 Å². The summed E-state index contributed by atoms with van der Waals surface area (Å²) in [6.07, 6.45) is 0.595. The smallest absolute Gasteiger partial charge is 0.512 e. The number of hydrogen-bond acceptors (Lipinski definition) is 2. The van der Waals surface area contributed by atoms with Gasteiger partial charge in [-0.2, -0.15) is 0 Å². The SMILES string of the molecule is CC(=O)/C(C=[OH+])=C(/C)O.[Co+3]. The van der Waals surface area contributed by atoms with Crippen molar-refractivity contribution in [1.82, 2.24) is 0 Å². The average Bonchev–Trinajstić information content (AvgIpc) is 1.64. The van der Waals surface area contributed by atoms with Gasteiger partial charge in [0.15, 0.2) is 5.78 Å². The summed E-state index contributed by atoms with van der Waals surface area (Å²) >= 11 is 0. The zero-order valence-electron chi connectivity index (χ0n) is 5.71. The van der Waals surface area contributed by atoms with E-state index in [9.17, 15) is 4.79 Å². The zero-order chi connectivity index (χ0) is 7.44. The van der Waals surface area contributed by atoms with Crippen molar-refractivity contribution in [2.24, 2.45) is 0 Å². The van der Waals surface area contributed by atoms with Crippen LogP contribution in [-0.2, 0) is 21.6 Å². The number of rotatable bonds is 2. The molecule has 0 aliphatic rings. The molecule has 0 spiro atoms. The largest absolute Gasteiger partial charge is 3.00 e. The third kappa shape index (κ3) is 3.42. The summed E-state index contributed by atoms with van der Waals surface area (Å²) in [7, 11) is 0. The number of carbonyl (C=O) groups excluding carboxylic acids is 2. The Hall–Kier alpha value is -0.614. The topological polar surface area (TPSA) is 58.7 Å². The third-order valence-corrected chi connectivity index (χ3v) is 0.898. The van der Waals surface area contributed by atoms with Gasteiger partial charge in [0.05, 0.1) is 0 Å². The molecular weight excluding hydrogens is 179 g/mol. The van der Waals surface area contributed by atoms with Crippen LogP contribution in [0.4, 0.5) is 0 Å². The first-order chi connectivity index (χ1) is 4.09. The Kier molecular flexibility index (Phi) is 6.28. The van der Waals surface area contributed by atoms with Crippen LogP contribution in [0.1, 0.15) is 13.8 Å². The fourth-order valence-electron chi connectivity index (χ4n) is 0.439. The molecule has 0 aromatic rings. The first-order valence-electron chi connectivity index (χ1n) is 2.47. The Morgan fingerprint density at radius 3 is 1.90 bits per heavy atom. The fourth-order valence-corrected chi connectivity index (χ4v) is 0.439. The van der Waals surface area contributed by atoms with Gasteiger partial charge in [-0.25, -0.2) is 0 Å². The molecule has 2 N–H and O–H groups in total. The average molecular weight is 188 g/mol. The van der Waals surface area contributed by atoms with Crippen molar-refractivity contribution in [3.63, 3.8) is 0 Å². The molecule has 0 atom stereocenters. The van der Waals surface area contributed by atoms with Crippen molar-refractivity contribution in [3.8, 4) is 0 Å². The van der Waals surface area contributed by atoms with Gasteiger partial charge in [-0.15, -0.1) is 0 Å². The molecule has 0 saturated carbocycles. The van der Waals surface area contributed by atoms with Gasteiger partial charge in [0.1, 0.15) is 11.3 Å². The number of aldehydes is 1. The van der Waals surface area contributed by atoms with Gasteiger partial charge in [-0.05, 0) is 13.8 Å². The molecule has 3 nitrogen and oxygen atoms in total. The van der Waals surface area contributed by atoms with Crippen LogP contribution >= 0.6 is 0 Å². The fraction of sp³-hybridized carbons (Fsp3) is 0.333. The number of aliphatic hydroxyl groups is 1. The zero-order valence-corrected chi connectivity index (χ0v) is 6.75. The molecule has 0 aliphatic carbocycles. The minimum absolute atomic E-state index is 0. The van der Waals surface area contributed by atoms with Gasteiger partial charge in [-0.1, -0.05) is 0 Å². The van der Waals surface area contributed by atoms with E-state index in [4.69, 9.17) is 9.90 Å². The number of ketones is 1. The van der Waals surface area contributed by atoms with Gasteiger partial charge < -0.3 is 5.11 Å². The van der Waals surface area contributed by atoms with Crippen LogP contribution < -0.4 is 0 Å². The van der Waals surface area contributed by atoms with Crippen molar-refractivity contribution in [2.45, 2.75) is 13.8 Å². The molecule has 0 aromatic heterocycles. The van der Waals surface area contributed by atoms with E-state index in [1.54, 1.807) is 0 Å². The van der Waals surface area contributed by atoms with Gasteiger partial charge in [0, 0.05) is 0 Å². The molecule has 0 unspecified atom stereocenters. The van der Waals surface area contributed by atoms with E-state index in [0.717, 1.165) is 0 Å². The Bertz CT molecular complexity index is 168. The molecule has 0 radical (unpaired) electrons. The molecular formula is C6H9CoO3+4. The Labute approximate surface area is 69.3 Å².